The lowest BCUT2D eigenvalue weighted by Gasteiger charge is -2.09. The quantitative estimate of drug-likeness (QED) is 0.626. The number of aromatic nitrogens is 2. The molecule has 0 unspecified atom stereocenters. The van der Waals surface area contributed by atoms with Crippen molar-refractivity contribution in [2.24, 2.45) is 0 Å². The summed E-state index contributed by atoms with van der Waals surface area (Å²) in [7, 11) is 0. The molecule has 0 saturated heterocycles. The van der Waals surface area contributed by atoms with E-state index < -0.39 is 0 Å². The third-order valence-electron chi connectivity index (χ3n) is 3.88. The van der Waals surface area contributed by atoms with Crippen LogP contribution in [0.4, 0.5) is 5.69 Å². The minimum atomic E-state index is -0.158. The molecule has 1 amide bonds. The molecule has 0 saturated carbocycles. The third kappa shape index (κ3) is 4.68. The summed E-state index contributed by atoms with van der Waals surface area (Å²) >= 11 is 4.98. The molecule has 1 N–H and O–H groups in total. The summed E-state index contributed by atoms with van der Waals surface area (Å²) in [5.41, 5.74) is 2.41. The first-order chi connectivity index (χ1) is 12.5. The second-order valence-corrected chi connectivity index (χ2v) is 7.73. The smallest absolute Gasteiger partial charge is 0.266 e. The molecule has 0 bridgehead atoms. The van der Waals surface area contributed by atoms with E-state index in [1.807, 2.05) is 42.6 Å². The Balaban J connectivity index is 1.58. The molecule has 0 aliphatic carbocycles. The van der Waals surface area contributed by atoms with E-state index in [0.717, 1.165) is 26.3 Å². The van der Waals surface area contributed by atoms with Crippen molar-refractivity contribution < 1.29 is 4.79 Å². The zero-order valence-corrected chi connectivity index (χ0v) is 16.6. The Morgan fingerprint density at radius 1 is 1.27 bits per heavy atom. The number of rotatable bonds is 6. The molecule has 0 aliphatic rings. The lowest BCUT2D eigenvalue weighted by atomic mass is 10.2. The number of nitrogens with zero attached hydrogens (tertiary/aromatic N) is 2. The molecule has 5 nitrogen and oxygen atoms in total. The number of aryl methyl sites for hydroxylation is 2. The number of anilines is 1. The van der Waals surface area contributed by atoms with Gasteiger partial charge in [-0.1, -0.05) is 22.0 Å². The number of nitrogens with one attached hydrogen (secondary N) is 1. The van der Waals surface area contributed by atoms with Crippen molar-refractivity contribution in [1.82, 2.24) is 9.78 Å². The molecule has 3 aromatic rings. The van der Waals surface area contributed by atoms with E-state index in [4.69, 9.17) is 0 Å². The molecule has 1 aromatic carbocycles. The number of carbonyl (C=O) groups excluding carboxylic acids is 1. The fraction of sp³-hybridized carbons (Fsp3) is 0.211. The molecule has 2 heterocycles. The molecule has 134 valence electrons. The second-order valence-electron chi connectivity index (χ2n) is 5.87. The average Bonchev–Trinajstić information content (AvgIpc) is 3.14. The molecule has 0 aliphatic heterocycles. The third-order valence-corrected chi connectivity index (χ3v) is 5.26. The Bertz CT molecular complexity index is 967. The van der Waals surface area contributed by atoms with Crippen LogP contribution in [-0.2, 0) is 11.3 Å². The van der Waals surface area contributed by atoms with Gasteiger partial charge in [0, 0.05) is 29.2 Å². The highest BCUT2D eigenvalue weighted by Gasteiger charge is 2.08. The maximum absolute atomic E-state index is 12.1. The van der Waals surface area contributed by atoms with Gasteiger partial charge >= 0.3 is 0 Å². The molecular formula is C19H18BrN3O2S. The number of halogens is 1. The minimum absolute atomic E-state index is 0.0714. The monoisotopic (exact) mass is 431 g/mol. The van der Waals surface area contributed by atoms with Crippen molar-refractivity contribution in [3.63, 3.8) is 0 Å². The Labute approximate surface area is 163 Å². The lowest BCUT2D eigenvalue weighted by Crippen LogP contribution is -2.23. The highest BCUT2D eigenvalue weighted by atomic mass is 79.9. The van der Waals surface area contributed by atoms with Crippen LogP contribution in [-0.4, -0.2) is 15.7 Å². The van der Waals surface area contributed by atoms with Crippen LogP contribution in [0.1, 0.15) is 18.4 Å². The number of amides is 1. The van der Waals surface area contributed by atoms with Crippen LogP contribution in [0.25, 0.3) is 10.6 Å². The predicted molar refractivity (Wildman–Crippen MR) is 109 cm³/mol. The molecule has 26 heavy (non-hydrogen) atoms. The second kappa shape index (κ2) is 8.42. The van der Waals surface area contributed by atoms with E-state index in [2.05, 4.69) is 26.3 Å². The summed E-state index contributed by atoms with van der Waals surface area (Å²) in [6.07, 6.45) is 0.870. The van der Waals surface area contributed by atoms with Gasteiger partial charge < -0.3 is 5.32 Å². The largest absolute Gasteiger partial charge is 0.326 e. The maximum Gasteiger partial charge on any atom is 0.266 e. The number of thiophene rings is 1. The summed E-state index contributed by atoms with van der Waals surface area (Å²) < 4.78 is 2.40. The van der Waals surface area contributed by atoms with E-state index in [1.54, 1.807) is 17.4 Å². The van der Waals surface area contributed by atoms with Gasteiger partial charge in [-0.05, 0) is 54.6 Å². The van der Waals surface area contributed by atoms with Gasteiger partial charge in [-0.2, -0.15) is 5.10 Å². The summed E-state index contributed by atoms with van der Waals surface area (Å²) in [6.45, 7) is 2.35. The summed E-state index contributed by atoms with van der Waals surface area (Å²) in [5, 5.41) is 9.28. The predicted octanol–water partition coefficient (Wildman–Crippen LogP) is 4.46. The van der Waals surface area contributed by atoms with Crippen molar-refractivity contribution in [1.29, 1.82) is 0 Å². The average molecular weight is 432 g/mol. The Kier molecular flexibility index (Phi) is 6.00. The lowest BCUT2D eigenvalue weighted by molar-refractivity contribution is -0.116. The van der Waals surface area contributed by atoms with Crippen molar-refractivity contribution in [2.75, 3.05) is 5.32 Å². The molecule has 2 aromatic heterocycles. The van der Waals surface area contributed by atoms with Gasteiger partial charge in [0.2, 0.25) is 5.91 Å². The van der Waals surface area contributed by atoms with Crippen LogP contribution in [0.5, 0.6) is 0 Å². The fourth-order valence-corrected chi connectivity index (χ4v) is 3.70. The number of benzene rings is 1. The topological polar surface area (TPSA) is 64.0 Å². The molecule has 0 radical (unpaired) electrons. The van der Waals surface area contributed by atoms with Gasteiger partial charge in [-0.15, -0.1) is 11.3 Å². The molecule has 7 heteroatoms. The SMILES string of the molecule is Cc1cc(Br)ccc1NC(=O)CCCn1nc(-c2cccs2)ccc1=O. The van der Waals surface area contributed by atoms with Crippen LogP contribution in [0.3, 0.4) is 0 Å². The number of carbonyl (C=O) groups is 1. The van der Waals surface area contributed by atoms with Crippen molar-refractivity contribution >= 4 is 38.9 Å². The van der Waals surface area contributed by atoms with E-state index in [1.165, 1.54) is 10.7 Å². The van der Waals surface area contributed by atoms with Crippen LogP contribution < -0.4 is 10.9 Å². The first-order valence-corrected chi connectivity index (χ1v) is 9.88. The summed E-state index contributed by atoms with van der Waals surface area (Å²) in [5.74, 6) is -0.0714. The Morgan fingerprint density at radius 2 is 2.12 bits per heavy atom. The molecule has 3 rings (SSSR count). The standard InChI is InChI=1S/C19H18BrN3O2S/c1-13-12-14(20)6-7-15(13)21-18(24)5-2-10-23-19(25)9-8-16(22-23)17-4-3-11-26-17/h3-4,6-9,11-12H,2,5,10H2,1H3,(H,21,24). The Morgan fingerprint density at radius 3 is 2.85 bits per heavy atom. The van der Waals surface area contributed by atoms with E-state index >= 15 is 0 Å². The van der Waals surface area contributed by atoms with Gasteiger partial charge in [-0.3, -0.25) is 9.59 Å². The Hall–Kier alpha value is -2.25. The van der Waals surface area contributed by atoms with Crippen molar-refractivity contribution in [2.45, 2.75) is 26.3 Å². The first kappa shape index (κ1) is 18.5. The van der Waals surface area contributed by atoms with Crippen LogP contribution in [0.15, 0.2) is 57.1 Å². The van der Waals surface area contributed by atoms with Gasteiger partial charge in [0.05, 0.1) is 4.88 Å². The molecular weight excluding hydrogens is 414 g/mol. The maximum atomic E-state index is 12.1. The first-order valence-electron chi connectivity index (χ1n) is 8.21. The number of hydrogen-bond donors (Lipinski definition) is 1. The molecule has 0 spiro atoms. The van der Waals surface area contributed by atoms with Gasteiger partial charge in [0.1, 0.15) is 5.69 Å². The number of hydrogen-bond acceptors (Lipinski definition) is 4. The summed E-state index contributed by atoms with van der Waals surface area (Å²) in [6, 6.07) is 12.9. The normalized spacial score (nSPS) is 10.7. The zero-order valence-electron chi connectivity index (χ0n) is 14.2. The highest BCUT2D eigenvalue weighted by Crippen LogP contribution is 2.21. The van der Waals surface area contributed by atoms with E-state index in [-0.39, 0.29) is 11.5 Å². The van der Waals surface area contributed by atoms with Crippen LogP contribution in [0, 0.1) is 6.92 Å². The highest BCUT2D eigenvalue weighted by molar-refractivity contribution is 9.10. The zero-order chi connectivity index (χ0) is 18.5. The van der Waals surface area contributed by atoms with Gasteiger partial charge in [0.25, 0.3) is 5.56 Å². The van der Waals surface area contributed by atoms with Crippen LogP contribution >= 0.6 is 27.3 Å². The van der Waals surface area contributed by atoms with E-state index in [9.17, 15) is 9.59 Å². The molecule has 0 fully saturated rings. The summed E-state index contributed by atoms with van der Waals surface area (Å²) in [4.78, 5) is 25.1. The van der Waals surface area contributed by atoms with E-state index in [0.29, 0.717) is 19.4 Å². The fourth-order valence-electron chi connectivity index (χ4n) is 2.53. The van der Waals surface area contributed by atoms with Crippen molar-refractivity contribution in [3.8, 4) is 10.6 Å². The van der Waals surface area contributed by atoms with Gasteiger partial charge in [-0.25, -0.2) is 4.68 Å². The molecule has 0 atom stereocenters. The van der Waals surface area contributed by atoms with Gasteiger partial charge in [0.15, 0.2) is 0 Å². The van der Waals surface area contributed by atoms with Crippen molar-refractivity contribution in [3.05, 3.63) is 68.2 Å². The van der Waals surface area contributed by atoms with Crippen LogP contribution in [0.2, 0.25) is 0 Å². The minimum Gasteiger partial charge on any atom is -0.326 e.